The average Bonchev–Trinajstić information content (AvgIpc) is 2.72. The molecular formula is C14H13Cl9. The molecule has 0 heterocycles. The fourth-order valence-electron chi connectivity index (χ4n) is 2.71. The molecule has 23 heavy (non-hydrogen) atoms. The lowest BCUT2D eigenvalue weighted by atomic mass is 9.96. The van der Waals surface area contributed by atoms with Gasteiger partial charge in [0, 0.05) is 6.42 Å². The Balaban J connectivity index is 2.65. The molecule has 0 amide bonds. The summed E-state index contributed by atoms with van der Waals surface area (Å²) in [6, 6.07) is 0. The number of alkyl halides is 8. The molecule has 0 radical (unpaired) electrons. The second-order valence-electron chi connectivity index (χ2n) is 5.73. The standard InChI is InChI=1S/C14H13Cl9/c15-10-9(8-5-3-1-2-4-6-8)7-11(16,17)13(20,21)14(22,23)12(10,18)19/h5H,1-4,6-7H2. The minimum Gasteiger partial charge on any atom is -0.0978 e. The zero-order valence-corrected chi connectivity index (χ0v) is 18.5. The van der Waals surface area contributed by atoms with E-state index in [0.717, 1.165) is 37.7 Å². The molecular weight excluding hydrogens is 487 g/mol. The van der Waals surface area contributed by atoms with Gasteiger partial charge in [-0.05, 0) is 36.8 Å². The van der Waals surface area contributed by atoms with Crippen LogP contribution in [0.4, 0.5) is 0 Å². The van der Waals surface area contributed by atoms with Crippen LogP contribution >= 0.6 is 104 Å². The van der Waals surface area contributed by atoms with Gasteiger partial charge in [0.2, 0.25) is 0 Å². The Bertz CT molecular complexity index is 542. The number of halogens is 9. The zero-order chi connectivity index (χ0) is 17.7. The van der Waals surface area contributed by atoms with Gasteiger partial charge in [-0.1, -0.05) is 117 Å². The lowest BCUT2D eigenvalue weighted by molar-refractivity contribution is 0.578. The van der Waals surface area contributed by atoms with Crippen molar-refractivity contribution in [2.24, 2.45) is 0 Å². The summed E-state index contributed by atoms with van der Waals surface area (Å²) in [6.07, 6.45) is 7.04. The van der Waals surface area contributed by atoms with Gasteiger partial charge in [0.25, 0.3) is 0 Å². The van der Waals surface area contributed by atoms with Crippen LogP contribution in [-0.4, -0.2) is 17.3 Å². The van der Waals surface area contributed by atoms with Crippen molar-refractivity contribution in [2.75, 3.05) is 0 Å². The highest BCUT2D eigenvalue weighted by Crippen LogP contribution is 2.67. The first kappa shape index (κ1) is 21.4. The summed E-state index contributed by atoms with van der Waals surface area (Å²) in [6.45, 7) is 0. The van der Waals surface area contributed by atoms with Crippen LogP contribution < -0.4 is 0 Å². The van der Waals surface area contributed by atoms with E-state index in [9.17, 15) is 0 Å². The SMILES string of the molecule is ClC1=C(C2=CCCCCC2)CC(Cl)(Cl)C(Cl)(Cl)C(Cl)(Cl)C1(Cl)Cl. The number of hydrogen-bond donors (Lipinski definition) is 0. The first-order valence-corrected chi connectivity index (χ1v) is 10.4. The van der Waals surface area contributed by atoms with Crippen molar-refractivity contribution >= 4 is 104 Å². The normalized spacial score (nSPS) is 29.5. The summed E-state index contributed by atoms with van der Waals surface area (Å²) in [5.74, 6) is 0. The molecule has 2 aliphatic rings. The molecule has 2 rings (SSSR count). The van der Waals surface area contributed by atoms with E-state index in [4.69, 9.17) is 104 Å². The summed E-state index contributed by atoms with van der Waals surface area (Å²) in [5.41, 5.74) is 1.57. The van der Waals surface area contributed by atoms with Crippen LogP contribution in [-0.2, 0) is 0 Å². The van der Waals surface area contributed by atoms with Crippen LogP contribution in [0.3, 0.4) is 0 Å². The molecule has 0 aromatic heterocycles. The maximum atomic E-state index is 6.48. The first-order chi connectivity index (χ1) is 10.4. The quantitative estimate of drug-likeness (QED) is 0.317. The van der Waals surface area contributed by atoms with Crippen molar-refractivity contribution in [3.8, 4) is 0 Å². The van der Waals surface area contributed by atoms with Crippen LogP contribution in [0.5, 0.6) is 0 Å². The molecule has 0 atom stereocenters. The van der Waals surface area contributed by atoms with Crippen LogP contribution in [0.1, 0.15) is 38.5 Å². The van der Waals surface area contributed by atoms with Crippen LogP contribution in [0, 0.1) is 0 Å². The molecule has 0 aromatic rings. The minimum absolute atomic E-state index is 0.0240. The highest BCUT2D eigenvalue weighted by Gasteiger charge is 2.71. The third kappa shape index (κ3) is 3.61. The Morgan fingerprint density at radius 1 is 0.783 bits per heavy atom. The van der Waals surface area contributed by atoms with E-state index in [2.05, 4.69) is 6.08 Å². The summed E-state index contributed by atoms with van der Waals surface area (Å²) in [5, 5.41) is 0.0489. The van der Waals surface area contributed by atoms with Crippen molar-refractivity contribution in [2.45, 2.75) is 55.9 Å². The Labute approximate surface area is 181 Å². The minimum atomic E-state index is -2.14. The zero-order valence-electron chi connectivity index (χ0n) is 11.7. The molecule has 0 saturated carbocycles. The fraction of sp³-hybridized carbons (Fsp3) is 0.714. The molecule has 0 saturated heterocycles. The van der Waals surface area contributed by atoms with E-state index in [1.807, 2.05) is 0 Å². The molecule has 0 N–H and O–H groups in total. The third-order valence-electron chi connectivity index (χ3n) is 4.12. The maximum Gasteiger partial charge on any atom is 0.191 e. The predicted octanol–water partition coefficient (Wildman–Crippen LogP) is 8.47. The van der Waals surface area contributed by atoms with E-state index in [1.54, 1.807) is 0 Å². The van der Waals surface area contributed by atoms with Crippen molar-refractivity contribution in [1.29, 1.82) is 0 Å². The van der Waals surface area contributed by atoms with E-state index < -0.39 is 17.3 Å². The fourth-order valence-corrected chi connectivity index (χ4v) is 5.51. The molecule has 2 aliphatic carbocycles. The molecule has 0 aromatic carbocycles. The van der Waals surface area contributed by atoms with E-state index in [-0.39, 0.29) is 11.5 Å². The number of rotatable bonds is 1. The molecule has 0 fully saturated rings. The second-order valence-corrected chi connectivity index (χ2v) is 11.6. The van der Waals surface area contributed by atoms with Crippen molar-refractivity contribution in [1.82, 2.24) is 0 Å². The predicted molar refractivity (Wildman–Crippen MR) is 106 cm³/mol. The molecule has 0 bridgehead atoms. The Morgan fingerprint density at radius 2 is 1.39 bits per heavy atom. The second kappa shape index (κ2) is 7.25. The van der Waals surface area contributed by atoms with Gasteiger partial charge < -0.3 is 0 Å². The van der Waals surface area contributed by atoms with Crippen LogP contribution in [0.2, 0.25) is 0 Å². The lowest BCUT2D eigenvalue weighted by Gasteiger charge is -2.43. The third-order valence-corrected chi connectivity index (χ3v) is 10.1. The highest BCUT2D eigenvalue weighted by molar-refractivity contribution is 6.75. The molecule has 0 nitrogen and oxygen atoms in total. The van der Waals surface area contributed by atoms with E-state index in [1.165, 1.54) is 0 Å². The summed E-state index contributed by atoms with van der Waals surface area (Å²) in [7, 11) is 0. The molecule has 9 heteroatoms. The maximum absolute atomic E-state index is 6.48. The summed E-state index contributed by atoms with van der Waals surface area (Å²) < 4.78 is -7.92. The van der Waals surface area contributed by atoms with Gasteiger partial charge in [-0.15, -0.1) is 0 Å². The topological polar surface area (TPSA) is 0 Å². The molecule has 0 aliphatic heterocycles. The monoisotopic (exact) mass is 496 g/mol. The molecule has 0 spiro atoms. The van der Waals surface area contributed by atoms with Gasteiger partial charge >= 0.3 is 0 Å². The van der Waals surface area contributed by atoms with Gasteiger partial charge in [0.1, 0.15) is 0 Å². The number of allylic oxidation sites excluding steroid dienone is 4. The van der Waals surface area contributed by atoms with Crippen molar-refractivity contribution in [3.05, 3.63) is 22.3 Å². The van der Waals surface area contributed by atoms with E-state index in [0.29, 0.717) is 5.57 Å². The van der Waals surface area contributed by atoms with Gasteiger partial charge in [-0.3, -0.25) is 0 Å². The number of hydrogen-bond acceptors (Lipinski definition) is 0. The first-order valence-electron chi connectivity index (χ1n) is 6.96. The van der Waals surface area contributed by atoms with Crippen molar-refractivity contribution in [3.63, 3.8) is 0 Å². The van der Waals surface area contributed by atoms with Crippen LogP contribution in [0.15, 0.2) is 22.3 Å². The smallest absolute Gasteiger partial charge is 0.0978 e. The van der Waals surface area contributed by atoms with Gasteiger partial charge in [-0.25, -0.2) is 0 Å². The van der Waals surface area contributed by atoms with Crippen molar-refractivity contribution < 1.29 is 0 Å². The molecule has 0 unspecified atom stereocenters. The average molecular weight is 500 g/mol. The highest BCUT2D eigenvalue weighted by atomic mass is 35.6. The Kier molecular flexibility index (Phi) is 6.74. The molecule has 132 valence electrons. The largest absolute Gasteiger partial charge is 0.191 e. The summed E-state index contributed by atoms with van der Waals surface area (Å²) >= 11 is 57.3. The van der Waals surface area contributed by atoms with Gasteiger partial charge in [0.15, 0.2) is 17.3 Å². The van der Waals surface area contributed by atoms with Gasteiger partial charge in [0.05, 0.1) is 5.03 Å². The van der Waals surface area contributed by atoms with Crippen LogP contribution in [0.25, 0.3) is 0 Å². The Hall–Kier alpha value is 2.09. The summed E-state index contributed by atoms with van der Waals surface area (Å²) in [4.78, 5) is 0. The van der Waals surface area contributed by atoms with Gasteiger partial charge in [-0.2, -0.15) is 0 Å². The Morgan fingerprint density at radius 3 is 2.00 bits per heavy atom. The van der Waals surface area contributed by atoms with E-state index >= 15 is 0 Å². The lowest BCUT2D eigenvalue weighted by Crippen LogP contribution is -2.56.